The van der Waals surface area contributed by atoms with Crippen LogP contribution in [0.25, 0.3) is 0 Å². The number of nitrogens with zero attached hydrogens (tertiary/aromatic N) is 2. The lowest BCUT2D eigenvalue weighted by Gasteiger charge is -2.18. The Morgan fingerprint density at radius 1 is 1.43 bits per heavy atom. The lowest BCUT2D eigenvalue weighted by molar-refractivity contribution is 0.172. The molecule has 0 saturated heterocycles. The number of rotatable bonds is 7. The summed E-state index contributed by atoms with van der Waals surface area (Å²) in [4.78, 5) is 0. The molecule has 2 rings (SSSR count). The van der Waals surface area contributed by atoms with Crippen LogP contribution in [0.15, 0.2) is 30.5 Å². The molecule has 0 spiro atoms. The average molecular weight is 362 g/mol. The van der Waals surface area contributed by atoms with E-state index in [2.05, 4.69) is 9.82 Å². The van der Waals surface area contributed by atoms with Crippen molar-refractivity contribution in [3.05, 3.63) is 52.6 Å². The van der Waals surface area contributed by atoms with Crippen molar-refractivity contribution in [2.45, 2.75) is 11.8 Å². The van der Waals surface area contributed by atoms with Gasteiger partial charge in [0.25, 0.3) is 0 Å². The molecule has 1 aromatic carbocycles. The summed E-state index contributed by atoms with van der Waals surface area (Å²) >= 11 is 5.67. The zero-order valence-electron chi connectivity index (χ0n) is 12.7. The van der Waals surface area contributed by atoms with Crippen LogP contribution in [0.1, 0.15) is 17.3 Å². The third-order valence-corrected chi connectivity index (χ3v) is 4.80. The number of methoxy groups -OCH3 is 1. The van der Waals surface area contributed by atoms with Gasteiger partial charge in [0.2, 0.25) is 10.0 Å². The molecular weight excluding hydrogens is 345 g/mol. The van der Waals surface area contributed by atoms with Crippen LogP contribution in [0.4, 0.5) is 4.39 Å². The Morgan fingerprint density at radius 2 is 2.17 bits per heavy atom. The zero-order chi connectivity index (χ0) is 17.0. The van der Waals surface area contributed by atoms with Gasteiger partial charge in [-0.1, -0.05) is 17.7 Å². The number of ether oxygens (including phenoxy) is 1. The van der Waals surface area contributed by atoms with E-state index < -0.39 is 27.6 Å². The monoisotopic (exact) mass is 361 g/mol. The maximum Gasteiger partial charge on any atom is 0.216 e. The van der Waals surface area contributed by atoms with Gasteiger partial charge in [0.15, 0.2) is 0 Å². The van der Waals surface area contributed by atoms with Crippen LogP contribution < -0.4 is 4.72 Å². The Labute approximate surface area is 139 Å². The number of hydrogen-bond donors (Lipinski definition) is 1. The lowest BCUT2D eigenvalue weighted by atomic mass is 10.2. The van der Waals surface area contributed by atoms with E-state index in [0.717, 1.165) is 6.07 Å². The molecule has 1 atom stereocenters. The first-order chi connectivity index (χ1) is 10.8. The largest absolute Gasteiger partial charge is 0.383 e. The highest BCUT2D eigenvalue weighted by Crippen LogP contribution is 2.19. The minimum atomic E-state index is -3.79. The van der Waals surface area contributed by atoms with Gasteiger partial charge in [-0.3, -0.25) is 4.68 Å². The molecule has 0 bridgehead atoms. The number of hydrogen-bond acceptors (Lipinski definition) is 4. The Morgan fingerprint density at radius 3 is 2.74 bits per heavy atom. The summed E-state index contributed by atoms with van der Waals surface area (Å²) < 4.78 is 47.6. The quantitative estimate of drug-likeness (QED) is 0.818. The Bertz CT molecular complexity index is 779. The topological polar surface area (TPSA) is 73.2 Å². The number of sulfonamides is 1. The van der Waals surface area contributed by atoms with E-state index in [9.17, 15) is 12.8 Å². The van der Waals surface area contributed by atoms with Crippen LogP contribution in [-0.4, -0.2) is 31.9 Å². The van der Waals surface area contributed by atoms with E-state index in [1.807, 2.05) is 0 Å². The minimum Gasteiger partial charge on any atom is -0.383 e. The average Bonchev–Trinajstić information content (AvgIpc) is 2.87. The fraction of sp³-hybridized carbons (Fsp3) is 0.357. The molecule has 126 valence electrons. The maximum atomic E-state index is 13.8. The molecule has 1 aromatic heterocycles. The smallest absolute Gasteiger partial charge is 0.216 e. The van der Waals surface area contributed by atoms with Gasteiger partial charge < -0.3 is 4.74 Å². The molecule has 1 unspecified atom stereocenters. The van der Waals surface area contributed by atoms with E-state index in [-0.39, 0.29) is 17.2 Å². The fourth-order valence-electron chi connectivity index (χ4n) is 2.17. The van der Waals surface area contributed by atoms with Crippen LogP contribution in [0, 0.1) is 5.82 Å². The highest BCUT2D eigenvalue weighted by atomic mass is 35.5. The van der Waals surface area contributed by atoms with Gasteiger partial charge >= 0.3 is 0 Å². The molecule has 0 aliphatic rings. The van der Waals surface area contributed by atoms with E-state index in [1.165, 1.54) is 19.2 Å². The van der Waals surface area contributed by atoms with Crippen molar-refractivity contribution < 1.29 is 17.5 Å². The van der Waals surface area contributed by atoms with Gasteiger partial charge in [-0.25, -0.2) is 17.5 Å². The number of aromatic nitrogens is 2. The second-order valence-corrected chi connectivity index (χ2v) is 7.19. The SMILES string of the molecule is COCC(NS(=O)(=O)Cc1ccc(Cl)cc1F)c1ccnn1C. The molecule has 2 aromatic rings. The molecule has 0 saturated carbocycles. The van der Waals surface area contributed by atoms with Crippen molar-refractivity contribution in [3.8, 4) is 0 Å². The van der Waals surface area contributed by atoms with Gasteiger partial charge in [0, 0.05) is 30.9 Å². The summed E-state index contributed by atoms with van der Waals surface area (Å²) in [5.41, 5.74) is 0.690. The van der Waals surface area contributed by atoms with Gasteiger partial charge in [0.1, 0.15) is 5.82 Å². The van der Waals surface area contributed by atoms with Crippen molar-refractivity contribution in [2.24, 2.45) is 7.05 Å². The first kappa shape index (κ1) is 17.9. The zero-order valence-corrected chi connectivity index (χ0v) is 14.2. The molecular formula is C14H17ClFN3O3S. The van der Waals surface area contributed by atoms with Crippen LogP contribution in [0.2, 0.25) is 5.02 Å². The number of halogens is 2. The predicted molar refractivity (Wildman–Crippen MR) is 85.0 cm³/mol. The van der Waals surface area contributed by atoms with Crippen LogP contribution in [-0.2, 0) is 27.6 Å². The predicted octanol–water partition coefficient (Wildman–Crippen LogP) is 2.02. The summed E-state index contributed by atoms with van der Waals surface area (Å²) in [5.74, 6) is -1.15. The van der Waals surface area contributed by atoms with Crippen LogP contribution >= 0.6 is 11.6 Å². The number of aryl methyl sites for hydroxylation is 1. The highest BCUT2D eigenvalue weighted by Gasteiger charge is 2.23. The second-order valence-electron chi connectivity index (χ2n) is 5.00. The van der Waals surface area contributed by atoms with Crippen LogP contribution in [0.5, 0.6) is 0 Å². The summed E-state index contributed by atoms with van der Waals surface area (Å²) in [6.45, 7) is 0.127. The van der Waals surface area contributed by atoms with Gasteiger partial charge in [-0.05, 0) is 18.2 Å². The normalized spacial score (nSPS) is 13.2. The maximum absolute atomic E-state index is 13.8. The molecule has 6 nitrogen and oxygen atoms in total. The second kappa shape index (κ2) is 7.39. The Kier molecular flexibility index (Phi) is 5.74. The molecule has 0 aliphatic carbocycles. The fourth-order valence-corrected chi connectivity index (χ4v) is 3.68. The molecule has 0 fully saturated rings. The van der Waals surface area contributed by atoms with E-state index >= 15 is 0 Å². The van der Waals surface area contributed by atoms with E-state index in [1.54, 1.807) is 24.0 Å². The molecule has 0 radical (unpaired) electrons. The molecule has 23 heavy (non-hydrogen) atoms. The standard InChI is InChI=1S/C14H17ClFN3O3S/c1-19-14(5-6-17-19)13(8-22-2)18-23(20,21)9-10-3-4-11(15)7-12(10)16/h3-7,13,18H,8-9H2,1-2H3. The Hall–Kier alpha value is -1.48. The van der Waals surface area contributed by atoms with Crippen molar-refractivity contribution >= 4 is 21.6 Å². The summed E-state index contributed by atoms with van der Waals surface area (Å²) in [5, 5.41) is 4.22. The lowest BCUT2D eigenvalue weighted by Crippen LogP contribution is -2.33. The van der Waals surface area contributed by atoms with E-state index in [4.69, 9.17) is 16.3 Å². The third-order valence-electron chi connectivity index (χ3n) is 3.23. The first-order valence-electron chi connectivity index (χ1n) is 6.73. The van der Waals surface area contributed by atoms with Crippen molar-refractivity contribution in [1.29, 1.82) is 0 Å². The number of nitrogens with one attached hydrogen (secondary N) is 1. The molecule has 9 heteroatoms. The molecule has 0 aliphatic heterocycles. The van der Waals surface area contributed by atoms with Crippen molar-refractivity contribution in [2.75, 3.05) is 13.7 Å². The van der Waals surface area contributed by atoms with E-state index in [0.29, 0.717) is 5.69 Å². The molecule has 1 N–H and O–H groups in total. The minimum absolute atomic E-state index is 0.0445. The first-order valence-corrected chi connectivity index (χ1v) is 8.76. The van der Waals surface area contributed by atoms with Crippen molar-refractivity contribution in [1.82, 2.24) is 14.5 Å². The molecule has 0 amide bonds. The number of benzene rings is 1. The highest BCUT2D eigenvalue weighted by molar-refractivity contribution is 7.88. The Balaban J connectivity index is 2.19. The molecule has 1 heterocycles. The van der Waals surface area contributed by atoms with Crippen molar-refractivity contribution in [3.63, 3.8) is 0 Å². The summed E-state index contributed by atoms with van der Waals surface area (Å²) in [6, 6.07) is 4.96. The van der Waals surface area contributed by atoms with Gasteiger partial charge in [-0.2, -0.15) is 5.10 Å². The summed E-state index contributed by atoms with van der Waals surface area (Å²) in [6.07, 6.45) is 1.56. The van der Waals surface area contributed by atoms with Gasteiger partial charge in [-0.15, -0.1) is 0 Å². The summed E-state index contributed by atoms with van der Waals surface area (Å²) in [7, 11) is -0.620. The van der Waals surface area contributed by atoms with Crippen LogP contribution in [0.3, 0.4) is 0 Å². The third kappa shape index (κ3) is 4.74. The van der Waals surface area contributed by atoms with Gasteiger partial charge in [0.05, 0.1) is 24.1 Å².